The van der Waals surface area contributed by atoms with Crippen molar-refractivity contribution in [2.24, 2.45) is 0 Å². The van der Waals surface area contributed by atoms with Gasteiger partial charge in [0, 0.05) is 24.6 Å². The fraction of sp³-hybridized carbons (Fsp3) is 0.364. The monoisotopic (exact) mass is 222 g/mol. The summed E-state index contributed by atoms with van der Waals surface area (Å²) in [4.78, 5) is 21.0. The summed E-state index contributed by atoms with van der Waals surface area (Å²) in [6, 6.07) is 6.14. The van der Waals surface area contributed by atoms with E-state index < -0.39 is 4.92 Å². The molecule has 16 heavy (non-hydrogen) atoms. The van der Waals surface area contributed by atoms with Crippen LogP contribution in [0.5, 0.6) is 0 Å². The van der Waals surface area contributed by atoms with E-state index in [-0.39, 0.29) is 17.5 Å². The van der Waals surface area contributed by atoms with Crippen LogP contribution in [0.4, 0.5) is 5.69 Å². The highest BCUT2D eigenvalue weighted by atomic mass is 16.6. The number of nitrogens with one attached hydrogen (secondary N) is 1. The first-order valence-electron chi connectivity index (χ1n) is 4.95. The van der Waals surface area contributed by atoms with E-state index in [9.17, 15) is 14.9 Å². The third-order valence-electron chi connectivity index (χ3n) is 2.35. The van der Waals surface area contributed by atoms with Gasteiger partial charge in [-0.2, -0.15) is 0 Å². The molecule has 0 aliphatic rings. The predicted molar refractivity (Wildman–Crippen MR) is 60.2 cm³/mol. The highest BCUT2D eigenvalue weighted by Gasteiger charge is 2.13. The van der Waals surface area contributed by atoms with Crippen LogP contribution in [0.15, 0.2) is 24.3 Å². The van der Waals surface area contributed by atoms with Gasteiger partial charge in [0.25, 0.3) is 5.69 Å². The largest absolute Gasteiger partial charge is 0.313 e. The van der Waals surface area contributed by atoms with Crippen LogP contribution in [0.2, 0.25) is 0 Å². The summed E-state index contributed by atoms with van der Waals surface area (Å²) in [5, 5.41) is 13.5. The Hall–Kier alpha value is -1.75. The number of nitro benzene ring substituents is 1. The summed E-state index contributed by atoms with van der Waals surface area (Å²) >= 11 is 0. The molecule has 0 saturated carbocycles. The third kappa shape index (κ3) is 3.13. The molecule has 0 heterocycles. The lowest BCUT2D eigenvalue weighted by molar-refractivity contribution is -0.384. The standard InChI is InChI=1S/C11H14N2O3/c1-8(14)7-11(12-2)9-3-5-10(6-4-9)13(15)16/h3-6,11-12H,7H2,1-2H3/t11-/m0/s1. The van der Waals surface area contributed by atoms with Gasteiger partial charge in [-0.05, 0) is 19.5 Å². The van der Waals surface area contributed by atoms with Gasteiger partial charge >= 0.3 is 0 Å². The van der Waals surface area contributed by atoms with Crippen molar-refractivity contribution in [1.29, 1.82) is 0 Å². The van der Waals surface area contributed by atoms with Crippen molar-refractivity contribution >= 4 is 11.5 Å². The van der Waals surface area contributed by atoms with Crippen molar-refractivity contribution in [2.45, 2.75) is 19.4 Å². The molecule has 0 bridgehead atoms. The zero-order chi connectivity index (χ0) is 12.1. The number of hydrogen-bond acceptors (Lipinski definition) is 4. The van der Waals surface area contributed by atoms with Crippen molar-refractivity contribution in [1.82, 2.24) is 5.32 Å². The number of nitrogens with zero attached hydrogens (tertiary/aromatic N) is 1. The zero-order valence-corrected chi connectivity index (χ0v) is 9.27. The maximum absolute atomic E-state index is 11.0. The average molecular weight is 222 g/mol. The minimum atomic E-state index is -0.441. The Labute approximate surface area is 93.6 Å². The number of nitro groups is 1. The Bertz CT molecular complexity index is 387. The van der Waals surface area contributed by atoms with Crippen LogP contribution in [-0.4, -0.2) is 17.8 Å². The molecule has 1 aromatic carbocycles. The van der Waals surface area contributed by atoms with Gasteiger partial charge in [0.1, 0.15) is 5.78 Å². The topological polar surface area (TPSA) is 72.2 Å². The molecule has 0 aliphatic heterocycles. The van der Waals surface area contributed by atoms with Gasteiger partial charge in [0.05, 0.1) is 4.92 Å². The molecule has 1 atom stereocenters. The van der Waals surface area contributed by atoms with Gasteiger partial charge in [0.15, 0.2) is 0 Å². The Morgan fingerprint density at radius 3 is 2.38 bits per heavy atom. The Kier molecular flexibility index (Phi) is 4.13. The number of ketones is 1. The first-order valence-corrected chi connectivity index (χ1v) is 4.95. The number of hydrogen-bond donors (Lipinski definition) is 1. The van der Waals surface area contributed by atoms with Crippen molar-refractivity contribution in [3.05, 3.63) is 39.9 Å². The van der Waals surface area contributed by atoms with Crippen LogP contribution < -0.4 is 5.32 Å². The van der Waals surface area contributed by atoms with Crippen LogP contribution in [0.25, 0.3) is 0 Å². The molecule has 0 aliphatic carbocycles. The summed E-state index contributed by atoms with van der Waals surface area (Å²) in [7, 11) is 1.76. The SMILES string of the molecule is CN[C@@H](CC(C)=O)c1ccc([N+](=O)[O-])cc1. The van der Waals surface area contributed by atoms with Crippen LogP contribution in [-0.2, 0) is 4.79 Å². The summed E-state index contributed by atoms with van der Waals surface area (Å²) in [5.41, 5.74) is 0.935. The molecule has 0 amide bonds. The molecule has 0 radical (unpaired) electrons. The molecule has 0 spiro atoms. The minimum Gasteiger partial charge on any atom is -0.313 e. The molecular weight excluding hydrogens is 208 g/mol. The first kappa shape index (κ1) is 12.3. The van der Waals surface area contributed by atoms with Gasteiger partial charge < -0.3 is 5.32 Å². The molecule has 1 N–H and O–H groups in total. The number of non-ortho nitro benzene ring substituents is 1. The van der Waals surface area contributed by atoms with Gasteiger partial charge in [-0.3, -0.25) is 14.9 Å². The molecule has 86 valence electrons. The number of carbonyl (C=O) groups is 1. The van der Waals surface area contributed by atoms with E-state index in [0.717, 1.165) is 5.56 Å². The molecule has 0 saturated heterocycles. The lowest BCUT2D eigenvalue weighted by Crippen LogP contribution is -2.18. The molecule has 0 unspecified atom stereocenters. The van der Waals surface area contributed by atoms with Crippen molar-refractivity contribution in [2.75, 3.05) is 7.05 Å². The second-order valence-corrected chi connectivity index (χ2v) is 3.60. The van der Waals surface area contributed by atoms with Crippen molar-refractivity contribution in [3.63, 3.8) is 0 Å². The Morgan fingerprint density at radius 2 is 2.00 bits per heavy atom. The molecule has 5 heteroatoms. The van der Waals surface area contributed by atoms with Crippen LogP contribution in [0.3, 0.4) is 0 Å². The van der Waals surface area contributed by atoms with Gasteiger partial charge in [-0.1, -0.05) is 12.1 Å². The molecule has 1 aromatic rings. The maximum Gasteiger partial charge on any atom is 0.269 e. The Balaban J connectivity index is 2.86. The smallest absolute Gasteiger partial charge is 0.269 e. The molecule has 0 fully saturated rings. The van der Waals surface area contributed by atoms with E-state index in [1.54, 1.807) is 19.2 Å². The van der Waals surface area contributed by atoms with E-state index in [2.05, 4.69) is 5.32 Å². The average Bonchev–Trinajstić information content (AvgIpc) is 2.25. The summed E-state index contributed by atoms with van der Waals surface area (Å²) in [6.45, 7) is 1.52. The lowest BCUT2D eigenvalue weighted by Gasteiger charge is -2.14. The lowest BCUT2D eigenvalue weighted by atomic mass is 10.0. The van der Waals surface area contributed by atoms with E-state index in [1.165, 1.54) is 19.1 Å². The second kappa shape index (κ2) is 5.37. The Morgan fingerprint density at radius 1 is 1.44 bits per heavy atom. The summed E-state index contributed by atoms with van der Waals surface area (Å²) < 4.78 is 0. The predicted octanol–water partition coefficient (Wildman–Crippen LogP) is 1.83. The van der Waals surface area contributed by atoms with Crippen LogP contribution in [0, 0.1) is 10.1 Å². The van der Waals surface area contributed by atoms with E-state index >= 15 is 0 Å². The van der Waals surface area contributed by atoms with Crippen LogP contribution in [0.1, 0.15) is 24.9 Å². The summed E-state index contributed by atoms with van der Waals surface area (Å²) in [5.74, 6) is 0.0812. The minimum absolute atomic E-state index is 0.0569. The van der Waals surface area contributed by atoms with Gasteiger partial charge in [0.2, 0.25) is 0 Å². The normalized spacial score (nSPS) is 12.1. The maximum atomic E-state index is 11.0. The van der Waals surface area contributed by atoms with E-state index in [0.29, 0.717) is 6.42 Å². The highest BCUT2D eigenvalue weighted by molar-refractivity contribution is 5.76. The van der Waals surface area contributed by atoms with E-state index in [1.807, 2.05) is 0 Å². The third-order valence-corrected chi connectivity index (χ3v) is 2.35. The first-order chi connectivity index (χ1) is 7.54. The number of Topliss-reactive ketones (excluding diaryl/α,β-unsaturated/α-hetero) is 1. The van der Waals surface area contributed by atoms with E-state index in [4.69, 9.17) is 0 Å². The zero-order valence-electron chi connectivity index (χ0n) is 9.27. The van der Waals surface area contributed by atoms with Gasteiger partial charge in [-0.25, -0.2) is 0 Å². The van der Waals surface area contributed by atoms with Crippen LogP contribution >= 0.6 is 0 Å². The molecule has 0 aromatic heterocycles. The molecule has 1 rings (SSSR count). The highest BCUT2D eigenvalue weighted by Crippen LogP contribution is 2.20. The van der Waals surface area contributed by atoms with Crippen molar-refractivity contribution in [3.8, 4) is 0 Å². The second-order valence-electron chi connectivity index (χ2n) is 3.60. The van der Waals surface area contributed by atoms with Gasteiger partial charge in [-0.15, -0.1) is 0 Å². The number of benzene rings is 1. The van der Waals surface area contributed by atoms with Crippen molar-refractivity contribution < 1.29 is 9.72 Å². The molecule has 5 nitrogen and oxygen atoms in total. The fourth-order valence-corrected chi connectivity index (χ4v) is 1.50. The molecular formula is C11H14N2O3. The fourth-order valence-electron chi connectivity index (χ4n) is 1.50. The quantitative estimate of drug-likeness (QED) is 0.609. The summed E-state index contributed by atoms with van der Waals surface area (Å²) in [6.07, 6.45) is 0.383. The number of rotatable bonds is 5. The number of carbonyl (C=O) groups excluding carboxylic acids is 1.